The van der Waals surface area contributed by atoms with Gasteiger partial charge < -0.3 is 5.73 Å². The molecular formula is C15H16N4O3. The Hall–Kier alpha value is -2.70. The Labute approximate surface area is 144 Å². The van der Waals surface area contributed by atoms with Crippen LogP contribution in [-0.2, 0) is 15.1 Å². The Bertz CT molecular complexity index is 1360. The van der Waals surface area contributed by atoms with Crippen molar-refractivity contribution in [3.05, 3.63) is 34.3 Å². The molecule has 0 aliphatic carbocycles. The minimum absolute atomic E-state index is 0.381. The Morgan fingerprint density at radius 1 is 1.50 bits per heavy atom. The Morgan fingerprint density at radius 2 is 2.32 bits per heavy atom. The molecule has 3 rings (SSSR count). The summed E-state index contributed by atoms with van der Waals surface area (Å²) in [4.78, 5) is 42.5. The van der Waals surface area contributed by atoms with Crippen LogP contribution < -0.4 is 16.6 Å². The van der Waals surface area contributed by atoms with Gasteiger partial charge in [-0.3, -0.25) is 24.3 Å². The molecule has 22 heavy (non-hydrogen) atoms. The van der Waals surface area contributed by atoms with Crippen LogP contribution in [0.1, 0.15) is 43.2 Å². The number of piperidine rings is 1. The van der Waals surface area contributed by atoms with Crippen LogP contribution in [0.2, 0.25) is 0 Å². The first-order chi connectivity index (χ1) is 15.6. The summed E-state index contributed by atoms with van der Waals surface area (Å²) in [5.41, 5.74) is -1.78. The number of fused-ring (bicyclic) bond motifs is 1. The molecule has 1 atom stereocenters. The van der Waals surface area contributed by atoms with Crippen LogP contribution in [0.5, 0.6) is 0 Å². The molecule has 7 heteroatoms. The van der Waals surface area contributed by atoms with Gasteiger partial charge in [0.05, 0.1) is 15.0 Å². The maximum absolute atomic E-state index is 13.7. The number of carbonyl (C=O) groups excluding carboxylic acids is 2. The Morgan fingerprint density at radius 3 is 3.05 bits per heavy atom. The quantitative estimate of drug-likeness (QED) is 0.587. The van der Waals surface area contributed by atoms with Gasteiger partial charge in [0.15, 0.2) is 0 Å². The van der Waals surface area contributed by atoms with E-state index in [4.69, 9.17) is 23.6 Å². The Balaban J connectivity index is 2.78. The lowest BCUT2D eigenvalue weighted by Gasteiger charge is -2.34. The van der Waals surface area contributed by atoms with E-state index in [0.717, 1.165) is 0 Å². The highest BCUT2D eigenvalue weighted by Crippen LogP contribution is 2.27. The summed E-state index contributed by atoms with van der Waals surface area (Å²) in [5.74, 6) is -5.46. The zero-order valence-electron chi connectivity index (χ0n) is 23.7. The Kier molecular flexibility index (Phi) is 1.16. The normalized spacial score (nSPS) is 36.3. The van der Waals surface area contributed by atoms with Gasteiger partial charge in [-0.15, -0.1) is 0 Å². The number of hydrogen-bond donors (Lipinski definition) is 2. The minimum atomic E-state index is -4.08. The smallest absolute Gasteiger partial charge is 0.264 e. The summed E-state index contributed by atoms with van der Waals surface area (Å²) < 4.78 is 103. The number of benzene rings is 1. The van der Waals surface area contributed by atoms with Crippen LogP contribution in [-0.4, -0.2) is 21.4 Å². The van der Waals surface area contributed by atoms with Crippen LogP contribution >= 0.6 is 0 Å². The van der Waals surface area contributed by atoms with Crippen LogP contribution in [0.25, 0.3) is 10.9 Å². The van der Waals surface area contributed by atoms with Crippen molar-refractivity contribution in [3.8, 4) is 0 Å². The SMILES string of the molecule is [2H]c1c([2H])c(N)c2c(=O)n([C@@]3(C([2H])([2H])[2H])C(=O)NC(=O)C([2H])([2H])C3([2H])[2H])c(C([2H])([2H])[2H])nc2c1[2H]. The molecule has 0 unspecified atom stereocenters. The standard InChI is InChI=1S/C15H16N4O3/c1-8-17-10-5-3-4-9(16)12(10)13(21)19(8)15(2)7-6-11(20)18-14(15)22/h3-5H,6-7,16H2,1-2H3,(H,18,20,22)/t15-/m1/s1/i1D3,2D3,3D,4D,5D,6D2,7D2. The number of aryl methyl sites for hydroxylation is 1. The van der Waals surface area contributed by atoms with Gasteiger partial charge in [-0.2, -0.15) is 0 Å². The highest BCUT2D eigenvalue weighted by atomic mass is 16.2. The van der Waals surface area contributed by atoms with Crippen molar-refractivity contribution < 1.29 is 27.4 Å². The van der Waals surface area contributed by atoms with Gasteiger partial charge in [-0.25, -0.2) is 4.98 Å². The van der Waals surface area contributed by atoms with E-state index in [-0.39, 0.29) is 4.57 Å². The lowest BCUT2D eigenvalue weighted by atomic mass is 9.90. The van der Waals surface area contributed by atoms with Crippen molar-refractivity contribution in [2.75, 3.05) is 5.73 Å². The third-order valence-electron chi connectivity index (χ3n) is 2.98. The van der Waals surface area contributed by atoms with Crippen molar-refractivity contribution in [2.45, 2.75) is 32.0 Å². The van der Waals surface area contributed by atoms with E-state index < -0.39 is 89.9 Å². The van der Waals surface area contributed by atoms with Gasteiger partial charge in [0, 0.05) is 25.8 Å². The maximum atomic E-state index is 13.7. The minimum Gasteiger partial charge on any atom is -0.398 e. The second kappa shape index (κ2) is 4.66. The predicted molar refractivity (Wildman–Crippen MR) is 81.2 cm³/mol. The maximum Gasteiger partial charge on any atom is 0.264 e. The van der Waals surface area contributed by atoms with Crippen molar-refractivity contribution in [3.63, 3.8) is 0 Å². The second-order valence-electron chi connectivity index (χ2n) is 4.33. The number of imide groups is 1. The van der Waals surface area contributed by atoms with Gasteiger partial charge in [0.1, 0.15) is 11.4 Å². The van der Waals surface area contributed by atoms with Crippen molar-refractivity contribution in [2.24, 2.45) is 0 Å². The second-order valence-corrected chi connectivity index (χ2v) is 4.33. The van der Waals surface area contributed by atoms with Crippen LogP contribution in [0.3, 0.4) is 0 Å². The first-order valence-electron chi connectivity index (χ1n) is 12.3. The number of hydrogen-bond acceptors (Lipinski definition) is 5. The third kappa shape index (κ3) is 1.89. The van der Waals surface area contributed by atoms with Crippen molar-refractivity contribution in [1.82, 2.24) is 14.9 Å². The van der Waals surface area contributed by atoms with E-state index in [2.05, 4.69) is 4.98 Å². The van der Waals surface area contributed by atoms with Crippen molar-refractivity contribution in [1.29, 1.82) is 0 Å². The van der Waals surface area contributed by atoms with Gasteiger partial charge in [-0.1, -0.05) is 6.04 Å². The zero-order chi connectivity index (χ0) is 27.3. The number of carbonyl (C=O) groups is 2. The average Bonchev–Trinajstić information content (AvgIpc) is 2.68. The third-order valence-corrected chi connectivity index (χ3v) is 2.98. The molecule has 1 aromatic heterocycles. The monoisotopic (exact) mass is 313 g/mol. The molecule has 2 heterocycles. The highest BCUT2D eigenvalue weighted by molar-refractivity contribution is 6.01. The molecule has 0 spiro atoms. The molecule has 3 N–H and O–H groups in total. The molecule has 1 aliphatic heterocycles. The molecule has 7 nitrogen and oxygen atoms in total. The molecular weight excluding hydrogens is 284 g/mol. The molecule has 1 aliphatic rings. The van der Waals surface area contributed by atoms with E-state index in [1.54, 1.807) is 0 Å². The molecule has 1 fully saturated rings. The number of anilines is 1. The summed E-state index contributed by atoms with van der Waals surface area (Å²) >= 11 is 0. The molecule has 0 bridgehead atoms. The molecule has 1 aromatic carbocycles. The van der Waals surface area contributed by atoms with Crippen molar-refractivity contribution >= 4 is 28.4 Å². The molecule has 0 radical (unpaired) electrons. The summed E-state index contributed by atoms with van der Waals surface area (Å²) in [6.07, 6.45) is -7.87. The number of nitrogen functional groups attached to an aromatic ring is 1. The predicted octanol–water partition coefficient (Wildman–Crippen LogP) is 0.439. The lowest BCUT2D eigenvalue weighted by Crippen LogP contribution is -2.56. The number of amides is 2. The molecule has 1 saturated heterocycles. The lowest BCUT2D eigenvalue weighted by molar-refractivity contribution is -0.140. The first kappa shape index (κ1) is 5.49. The number of nitrogens with two attached hydrogens (primary N) is 1. The fourth-order valence-electron chi connectivity index (χ4n) is 1.97. The van der Waals surface area contributed by atoms with Crippen LogP contribution in [0, 0.1) is 6.85 Å². The van der Waals surface area contributed by atoms with E-state index >= 15 is 0 Å². The van der Waals surface area contributed by atoms with Gasteiger partial charge in [0.2, 0.25) is 5.91 Å². The van der Waals surface area contributed by atoms with E-state index in [9.17, 15) is 14.4 Å². The van der Waals surface area contributed by atoms with E-state index in [1.165, 1.54) is 5.32 Å². The number of rotatable bonds is 1. The zero-order valence-corrected chi connectivity index (χ0v) is 10.7. The average molecular weight is 313 g/mol. The summed E-state index contributed by atoms with van der Waals surface area (Å²) in [7, 11) is 0. The fourth-order valence-corrected chi connectivity index (χ4v) is 1.97. The summed E-state index contributed by atoms with van der Waals surface area (Å²) in [5, 5.41) is 0.398. The largest absolute Gasteiger partial charge is 0.398 e. The molecule has 2 amide bonds. The topological polar surface area (TPSA) is 107 Å². The van der Waals surface area contributed by atoms with Crippen LogP contribution in [0.4, 0.5) is 5.69 Å². The van der Waals surface area contributed by atoms with Gasteiger partial charge in [-0.05, 0) is 32.2 Å². The molecule has 2 aromatic rings. The van der Waals surface area contributed by atoms with Gasteiger partial charge >= 0.3 is 0 Å². The fraction of sp³-hybridized carbons (Fsp3) is 0.333. The molecule has 0 saturated carbocycles. The van der Waals surface area contributed by atoms with Crippen LogP contribution in [0.15, 0.2) is 22.9 Å². The van der Waals surface area contributed by atoms with Gasteiger partial charge in [0.25, 0.3) is 11.5 Å². The van der Waals surface area contributed by atoms with E-state index in [1.807, 2.05) is 0 Å². The number of nitrogens with one attached hydrogen (secondary N) is 1. The van der Waals surface area contributed by atoms with E-state index in [0.29, 0.717) is 0 Å². The number of nitrogens with zero attached hydrogens (tertiary/aromatic N) is 2. The first-order valence-corrected chi connectivity index (χ1v) is 5.77. The number of aromatic nitrogens is 2. The highest BCUT2D eigenvalue weighted by Gasteiger charge is 2.42. The summed E-state index contributed by atoms with van der Waals surface area (Å²) in [6, 6.07) is -2.67. The summed E-state index contributed by atoms with van der Waals surface area (Å²) in [6.45, 7) is -7.59. The molecule has 114 valence electrons.